The van der Waals surface area contributed by atoms with Crippen LogP contribution in [0.5, 0.6) is 0 Å². The molecular formula is C16H14ClNS. The first kappa shape index (κ1) is 12.7. The van der Waals surface area contributed by atoms with E-state index in [2.05, 4.69) is 23.8 Å². The number of rotatable bonds is 2. The van der Waals surface area contributed by atoms with Gasteiger partial charge in [0, 0.05) is 10.4 Å². The minimum Gasteiger partial charge on any atom is -0.320 e. The summed E-state index contributed by atoms with van der Waals surface area (Å²) in [5, 5.41) is 7.23. The molecule has 0 bridgehead atoms. The molecule has 0 saturated carbocycles. The average Bonchev–Trinajstić information content (AvgIpc) is 2.85. The molecule has 0 aliphatic rings. The topological polar surface area (TPSA) is 26.0 Å². The van der Waals surface area contributed by atoms with Crippen molar-refractivity contribution in [1.82, 2.24) is 0 Å². The molecule has 0 aliphatic heterocycles. The zero-order chi connectivity index (χ0) is 13.4. The smallest absolute Gasteiger partial charge is 0.0568 e. The number of benzene rings is 2. The molecule has 1 atom stereocenters. The molecule has 3 heteroatoms. The summed E-state index contributed by atoms with van der Waals surface area (Å²) in [5.41, 5.74) is 10.0. The Morgan fingerprint density at radius 3 is 2.42 bits per heavy atom. The fraction of sp³-hybridized carbons (Fsp3) is 0.125. The number of halogens is 1. The Hall–Kier alpha value is -1.35. The van der Waals surface area contributed by atoms with Crippen LogP contribution in [0.3, 0.4) is 0 Å². The standard InChI is InChI=1S/C16H14ClNS/c1-10-8-19-9-14(10)16(18)13-6-7-15(17)12-5-3-2-4-11(12)13/h2-9,16H,18H2,1H3. The molecule has 0 fully saturated rings. The largest absolute Gasteiger partial charge is 0.320 e. The third-order valence-corrected chi connectivity index (χ3v) is 4.68. The second-order valence-corrected chi connectivity index (χ2v) is 5.82. The van der Waals surface area contributed by atoms with Gasteiger partial charge in [-0.15, -0.1) is 0 Å². The van der Waals surface area contributed by atoms with Crippen molar-refractivity contribution < 1.29 is 0 Å². The first-order valence-electron chi connectivity index (χ1n) is 6.14. The number of nitrogens with two attached hydrogens (primary N) is 1. The summed E-state index contributed by atoms with van der Waals surface area (Å²) in [6.45, 7) is 2.10. The van der Waals surface area contributed by atoms with Crippen LogP contribution in [0.4, 0.5) is 0 Å². The zero-order valence-electron chi connectivity index (χ0n) is 10.6. The predicted molar refractivity (Wildman–Crippen MR) is 84.0 cm³/mol. The quantitative estimate of drug-likeness (QED) is 0.712. The maximum Gasteiger partial charge on any atom is 0.0568 e. The van der Waals surface area contributed by atoms with Gasteiger partial charge in [-0.1, -0.05) is 41.9 Å². The van der Waals surface area contributed by atoms with E-state index in [0.29, 0.717) is 0 Å². The van der Waals surface area contributed by atoms with E-state index in [-0.39, 0.29) is 6.04 Å². The monoisotopic (exact) mass is 287 g/mol. The third-order valence-electron chi connectivity index (χ3n) is 3.47. The van der Waals surface area contributed by atoms with Crippen LogP contribution in [0.1, 0.15) is 22.7 Å². The van der Waals surface area contributed by atoms with Crippen LogP contribution in [-0.4, -0.2) is 0 Å². The average molecular weight is 288 g/mol. The molecule has 0 spiro atoms. The van der Waals surface area contributed by atoms with E-state index in [1.165, 1.54) is 11.1 Å². The van der Waals surface area contributed by atoms with Crippen molar-refractivity contribution in [3.8, 4) is 0 Å². The molecule has 0 radical (unpaired) electrons. The zero-order valence-corrected chi connectivity index (χ0v) is 12.1. The molecule has 2 aromatic carbocycles. The van der Waals surface area contributed by atoms with Crippen molar-refractivity contribution >= 4 is 33.7 Å². The molecule has 3 aromatic rings. The normalized spacial score (nSPS) is 12.8. The summed E-state index contributed by atoms with van der Waals surface area (Å²) < 4.78 is 0. The summed E-state index contributed by atoms with van der Waals surface area (Å²) in [6, 6.07) is 12.0. The summed E-state index contributed by atoms with van der Waals surface area (Å²) in [4.78, 5) is 0. The van der Waals surface area contributed by atoms with Gasteiger partial charge in [0.25, 0.3) is 0 Å². The van der Waals surface area contributed by atoms with Crippen LogP contribution in [0.25, 0.3) is 10.8 Å². The molecule has 1 heterocycles. The van der Waals surface area contributed by atoms with E-state index in [0.717, 1.165) is 21.4 Å². The maximum absolute atomic E-state index is 6.44. The molecule has 0 amide bonds. The van der Waals surface area contributed by atoms with Gasteiger partial charge in [0.1, 0.15) is 0 Å². The van der Waals surface area contributed by atoms with Gasteiger partial charge in [-0.2, -0.15) is 11.3 Å². The van der Waals surface area contributed by atoms with Gasteiger partial charge in [-0.05, 0) is 45.8 Å². The number of aryl methyl sites for hydroxylation is 1. The minimum atomic E-state index is -0.103. The molecule has 19 heavy (non-hydrogen) atoms. The molecule has 96 valence electrons. The van der Waals surface area contributed by atoms with Crippen molar-refractivity contribution in [1.29, 1.82) is 0 Å². The van der Waals surface area contributed by atoms with Gasteiger partial charge in [0.2, 0.25) is 0 Å². The van der Waals surface area contributed by atoms with Crippen LogP contribution < -0.4 is 5.73 Å². The van der Waals surface area contributed by atoms with Crippen molar-refractivity contribution in [2.45, 2.75) is 13.0 Å². The van der Waals surface area contributed by atoms with Gasteiger partial charge < -0.3 is 5.73 Å². The summed E-state index contributed by atoms with van der Waals surface area (Å²) >= 11 is 7.94. The van der Waals surface area contributed by atoms with Crippen molar-refractivity contribution in [3.63, 3.8) is 0 Å². The van der Waals surface area contributed by atoms with Gasteiger partial charge in [0.15, 0.2) is 0 Å². The molecule has 0 aliphatic carbocycles. The Kier molecular flexibility index (Phi) is 3.31. The molecule has 0 saturated heterocycles. The van der Waals surface area contributed by atoms with Gasteiger partial charge in [-0.3, -0.25) is 0 Å². The first-order chi connectivity index (χ1) is 9.18. The molecule has 1 unspecified atom stereocenters. The highest BCUT2D eigenvalue weighted by Crippen LogP contribution is 2.33. The van der Waals surface area contributed by atoms with Gasteiger partial charge in [-0.25, -0.2) is 0 Å². The van der Waals surface area contributed by atoms with Crippen LogP contribution in [-0.2, 0) is 0 Å². The van der Waals surface area contributed by atoms with Crippen LogP contribution >= 0.6 is 22.9 Å². The van der Waals surface area contributed by atoms with E-state index in [4.69, 9.17) is 17.3 Å². The van der Waals surface area contributed by atoms with E-state index >= 15 is 0 Å². The van der Waals surface area contributed by atoms with Crippen LogP contribution in [0.2, 0.25) is 5.02 Å². The Morgan fingerprint density at radius 1 is 1.00 bits per heavy atom. The number of fused-ring (bicyclic) bond motifs is 1. The van der Waals surface area contributed by atoms with E-state index in [9.17, 15) is 0 Å². The van der Waals surface area contributed by atoms with Gasteiger partial charge >= 0.3 is 0 Å². The highest BCUT2D eigenvalue weighted by Gasteiger charge is 2.15. The molecule has 1 nitrogen and oxygen atoms in total. The fourth-order valence-electron chi connectivity index (χ4n) is 2.41. The Balaban J connectivity index is 2.21. The van der Waals surface area contributed by atoms with Crippen LogP contribution in [0, 0.1) is 6.92 Å². The van der Waals surface area contributed by atoms with Crippen molar-refractivity contribution in [2.75, 3.05) is 0 Å². The number of thiophene rings is 1. The van der Waals surface area contributed by atoms with Gasteiger partial charge in [0.05, 0.1) is 6.04 Å². The Morgan fingerprint density at radius 2 is 1.74 bits per heavy atom. The lowest BCUT2D eigenvalue weighted by molar-refractivity contribution is 0.877. The van der Waals surface area contributed by atoms with Crippen molar-refractivity contribution in [2.24, 2.45) is 5.73 Å². The Bertz CT molecular complexity index is 732. The number of hydrogen-bond acceptors (Lipinski definition) is 2. The van der Waals surface area contributed by atoms with Crippen LogP contribution in [0.15, 0.2) is 47.2 Å². The van der Waals surface area contributed by atoms with E-state index < -0.39 is 0 Å². The summed E-state index contributed by atoms with van der Waals surface area (Å²) in [5.74, 6) is 0. The summed E-state index contributed by atoms with van der Waals surface area (Å²) in [6.07, 6.45) is 0. The minimum absolute atomic E-state index is 0.103. The highest BCUT2D eigenvalue weighted by atomic mass is 35.5. The van der Waals surface area contributed by atoms with E-state index in [1.54, 1.807) is 11.3 Å². The Labute approximate surface area is 121 Å². The second-order valence-electron chi connectivity index (χ2n) is 4.67. The molecular weight excluding hydrogens is 274 g/mol. The predicted octanol–water partition coefficient (Wildman–Crippen LogP) is 4.91. The lowest BCUT2D eigenvalue weighted by atomic mass is 9.94. The highest BCUT2D eigenvalue weighted by molar-refractivity contribution is 7.08. The molecule has 1 aromatic heterocycles. The summed E-state index contributed by atoms with van der Waals surface area (Å²) in [7, 11) is 0. The SMILES string of the molecule is Cc1cscc1C(N)c1ccc(Cl)c2ccccc12. The number of hydrogen-bond donors (Lipinski definition) is 1. The lowest BCUT2D eigenvalue weighted by Gasteiger charge is -2.15. The first-order valence-corrected chi connectivity index (χ1v) is 7.46. The fourth-order valence-corrected chi connectivity index (χ4v) is 3.53. The van der Waals surface area contributed by atoms with Crippen molar-refractivity contribution in [3.05, 3.63) is 68.9 Å². The lowest BCUT2D eigenvalue weighted by Crippen LogP contribution is -2.12. The molecule has 3 rings (SSSR count). The molecule has 2 N–H and O–H groups in total. The maximum atomic E-state index is 6.44. The third kappa shape index (κ3) is 2.16. The van der Waals surface area contributed by atoms with E-state index in [1.807, 2.05) is 30.3 Å². The second kappa shape index (κ2) is 4.97.